The number of ether oxygens (including phenoxy) is 1. The van der Waals surface area contributed by atoms with Gasteiger partial charge in [0.1, 0.15) is 18.3 Å². The summed E-state index contributed by atoms with van der Waals surface area (Å²) in [5.74, 6) is -0.218. The largest absolute Gasteiger partial charge is 0.497 e. The SMILES string of the molecule is CCNC(=O)[C@@H](C)N(Cc1cccc(OC)c1)C(=O)CN(c1cc(C)ccc1C)S(=O)(=O)c1ccccc1. The number of benzene rings is 3. The van der Waals surface area contributed by atoms with Crippen LogP contribution in [0, 0.1) is 13.8 Å². The number of aryl methyl sites for hydroxylation is 2. The van der Waals surface area contributed by atoms with E-state index in [1.807, 2.05) is 25.1 Å². The average molecular weight is 538 g/mol. The quantitative estimate of drug-likeness (QED) is 0.398. The zero-order chi connectivity index (χ0) is 27.9. The van der Waals surface area contributed by atoms with Crippen molar-refractivity contribution in [1.82, 2.24) is 10.2 Å². The van der Waals surface area contributed by atoms with Crippen molar-refractivity contribution in [1.29, 1.82) is 0 Å². The van der Waals surface area contributed by atoms with E-state index in [1.54, 1.807) is 70.3 Å². The molecule has 9 heteroatoms. The maximum absolute atomic E-state index is 13.9. The van der Waals surface area contributed by atoms with E-state index >= 15 is 0 Å². The van der Waals surface area contributed by atoms with Crippen LogP contribution in [0.15, 0.2) is 77.7 Å². The Balaban J connectivity index is 2.06. The van der Waals surface area contributed by atoms with Crippen molar-refractivity contribution in [2.24, 2.45) is 0 Å². The van der Waals surface area contributed by atoms with Gasteiger partial charge in [0.2, 0.25) is 11.8 Å². The first-order valence-corrected chi connectivity index (χ1v) is 13.9. The molecule has 3 rings (SSSR count). The van der Waals surface area contributed by atoms with Gasteiger partial charge in [0.25, 0.3) is 10.0 Å². The normalized spacial score (nSPS) is 11.9. The highest BCUT2D eigenvalue weighted by molar-refractivity contribution is 7.92. The number of carbonyl (C=O) groups is 2. The van der Waals surface area contributed by atoms with Gasteiger partial charge in [-0.1, -0.05) is 42.5 Å². The molecule has 0 radical (unpaired) electrons. The highest BCUT2D eigenvalue weighted by Gasteiger charge is 2.33. The summed E-state index contributed by atoms with van der Waals surface area (Å²) in [5, 5.41) is 2.76. The summed E-state index contributed by atoms with van der Waals surface area (Å²) in [6.45, 7) is 7.13. The number of carbonyl (C=O) groups excluding carboxylic acids is 2. The molecule has 0 aliphatic heterocycles. The highest BCUT2D eigenvalue weighted by Crippen LogP contribution is 2.28. The van der Waals surface area contributed by atoms with E-state index in [-0.39, 0.29) is 17.3 Å². The predicted molar refractivity (Wildman–Crippen MR) is 149 cm³/mol. The molecule has 0 aliphatic rings. The van der Waals surface area contributed by atoms with E-state index in [2.05, 4.69) is 5.32 Å². The van der Waals surface area contributed by atoms with E-state index in [9.17, 15) is 18.0 Å². The molecule has 0 bridgehead atoms. The Bertz CT molecular complexity index is 1380. The van der Waals surface area contributed by atoms with Crippen molar-refractivity contribution < 1.29 is 22.7 Å². The van der Waals surface area contributed by atoms with Gasteiger partial charge in [-0.3, -0.25) is 13.9 Å². The Labute approximate surface area is 225 Å². The summed E-state index contributed by atoms with van der Waals surface area (Å²) in [5.41, 5.74) is 2.72. The Kier molecular flexibility index (Phi) is 9.52. The monoisotopic (exact) mass is 537 g/mol. The molecule has 0 spiro atoms. The summed E-state index contributed by atoms with van der Waals surface area (Å²) in [4.78, 5) is 28.2. The van der Waals surface area contributed by atoms with Crippen LogP contribution in [0.1, 0.15) is 30.5 Å². The molecule has 0 saturated heterocycles. The molecule has 0 heterocycles. The number of likely N-dealkylation sites (N-methyl/N-ethyl adjacent to an activating group) is 1. The molecule has 0 aromatic heterocycles. The number of anilines is 1. The molecule has 1 atom stereocenters. The summed E-state index contributed by atoms with van der Waals surface area (Å²) >= 11 is 0. The molecular formula is C29H35N3O5S. The fourth-order valence-corrected chi connectivity index (χ4v) is 5.58. The van der Waals surface area contributed by atoms with E-state index < -0.39 is 28.5 Å². The molecular weight excluding hydrogens is 502 g/mol. The second-order valence-corrected chi connectivity index (χ2v) is 10.9. The molecule has 202 valence electrons. The van der Waals surface area contributed by atoms with Crippen LogP contribution in [-0.2, 0) is 26.2 Å². The van der Waals surface area contributed by atoms with Crippen LogP contribution in [-0.4, -0.2) is 51.4 Å². The second-order valence-electron chi connectivity index (χ2n) is 9.06. The predicted octanol–water partition coefficient (Wildman–Crippen LogP) is 4.06. The molecule has 3 aromatic rings. The minimum Gasteiger partial charge on any atom is -0.497 e. The number of sulfonamides is 1. The minimum absolute atomic E-state index is 0.0739. The van der Waals surface area contributed by atoms with Crippen LogP contribution >= 0.6 is 0 Å². The van der Waals surface area contributed by atoms with Gasteiger partial charge in [0, 0.05) is 13.1 Å². The van der Waals surface area contributed by atoms with Gasteiger partial charge in [-0.15, -0.1) is 0 Å². The number of hydrogen-bond acceptors (Lipinski definition) is 5. The van der Waals surface area contributed by atoms with Gasteiger partial charge >= 0.3 is 0 Å². The fraction of sp³-hybridized carbons (Fsp3) is 0.310. The molecule has 38 heavy (non-hydrogen) atoms. The number of rotatable bonds is 11. The lowest BCUT2D eigenvalue weighted by atomic mass is 10.1. The van der Waals surface area contributed by atoms with Crippen LogP contribution < -0.4 is 14.4 Å². The molecule has 0 fully saturated rings. The van der Waals surface area contributed by atoms with Crippen molar-refractivity contribution in [2.75, 3.05) is 24.5 Å². The molecule has 8 nitrogen and oxygen atoms in total. The Morgan fingerprint density at radius 2 is 1.68 bits per heavy atom. The lowest BCUT2D eigenvalue weighted by Crippen LogP contribution is -2.51. The second kappa shape index (κ2) is 12.6. The Hall–Kier alpha value is -3.85. The fourth-order valence-electron chi connectivity index (χ4n) is 4.09. The number of nitrogens with one attached hydrogen (secondary N) is 1. The van der Waals surface area contributed by atoms with Crippen molar-refractivity contribution in [3.8, 4) is 5.75 Å². The summed E-state index contributed by atoms with van der Waals surface area (Å²) in [6, 6.07) is 19.9. The van der Waals surface area contributed by atoms with Gasteiger partial charge in [-0.05, 0) is 74.7 Å². The van der Waals surface area contributed by atoms with Crippen LogP contribution in [0.25, 0.3) is 0 Å². The van der Waals surface area contributed by atoms with Gasteiger partial charge in [-0.25, -0.2) is 8.42 Å². The Morgan fingerprint density at radius 3 is 2.34 bits per heavy atom. The van der Waals surface area contributed by atoms with E-state index in [0.29, 0.717) is 23.5 Å². The number of hydrogen-bond donors (Lipinski definition) is 1. The standard InChI is InChI=1S/C29H35N3O5S/c1-6-30-29(34)23(4)31(19-24-11-10-12-25(18-24)37-5)28(33)20-32(27-17-21(2)15-16-22(27)3)38(35,36)26-13-8-7-9-14-26/h7-18,23H,6,19-20H2,1-5H3,(H,30,34)/t23-/m1/s1. The maximum Gasteiger partial charge on any atom is 0.264 e. The van der Waals surface area contributed by atoms with Gasteiger partial charge < -0.3 is 15.0 Å². The zero-order valence-corrected chi connectivity index (χ0v) is 23.3. The lowest BCUT2D eigenvalue weighted by Gasteiger charge is -2.32. The lowest BCUT2D eigenvalue weighted by molar-refractivity contribution is -0.139. The van der Waals surface area contributed by atoms with Crippen LogP contribution in [0.2, 0.25) is 0 Å². The van der Waals surface area contributed by atoms with E-state index in [0.717, 1.165) is 15.4 Å². The number of methoxy groups -OCH3 is 1. The van der Waals surface area contributed by atoms with Gasteiger partial charge in [-0.2, -0.15) is 0 Å². The first-order valence-electron chi connectivity index (χ1n) is 12.4. The summed E-state index contributed by atoms with van der Waals surface area (Å²) in [6.07, 6.45) is 0. The number of nitrogens with zero attached hydrogens (tertiary/aromatic N) is 2. The maximum atomic E-state index is 13.9. The topological polar surface area (TPSA) is 96.0 Å². The molecule has 1 N–H and O–H groups in total. The third-order valence-electron chi connectivity index (χ3n) is 6.25. The molecule has 0 saturated carbocycles. The van der Waals surface area contributed by atoms with Crippen LogP contribution in [0.3, 0.4) is 0 Å². The Morgan fingerprint density at radius 1 is 0.974 bits per heavy atom. The van der Waals surface area contributed by atoms with Crippen molar-refractivity contribution in [3.63, 3.8) is 0 Å². The molecule has 2 amide bonds. The molecule has 0 aliphatic carbocycles. The third kappa shape index (κ3) is 6.72. The van der Waals surface area contributed by atoms with Crippen molar-refractivity contribution >= 4 is 27.5 Å². The smallest absolute Gasteiger partial charge is 0.264 e. The van der Waals surface area contributed by atoms with Crippen LogP contribution in [0.4, 0.5) is 5.69 Å². The molecule has 3 aromatic carbocycles. The first-order chi connectivity index (χ1) is 18.1. The van der Waals surface area contributed by atoms with Crippen LogP contribution in [0.5, 0.6) is 5.75 Å². The summed E-state index contributed by atoms with van der Waals surface area (Å²) < 4.78 is 34.2. The average Bonchev–Trinajstić information content (AvgIpc) is 2.92. The number of amides is 2. The van der Waals surface area contributed by atoms with Crippen molar-refractivity contribution in [2.45, 2.75) is 45.2 Å². The summed E-state index contributed by atoms with van der Waals surface area (Å²) in [7, 11) is -2.54. The molecule has 0 unspecified atom stereocenters. The van der Waals surface area contributed by atoms with E-state index in [1.165, 1.54) is 17.0 Å². The van der Waals surface area contributed by atoms with Gasteiger partial charge in [0.05, 0.1) is 17.7 Å². The van der Waals surface area contributed by atoms with E-state index in [4.69, 9.17) is 4.74 Å². The minimum atomic E-state index is -4.10. The zero-order valence-electron chi connectivity index (χ0n) is 22.5. The highest BCUT2D eigenvalue weighted by atomic mass is 32.2. The third-order valence-corrected chi connectivity index (χ3v) is 8.02. The first kappa shape index (κ1) is 28.7. The van der Waals surface area contributed by atoms with Crippen molar-refractivity contribution in [3.05, 3.63) is 89.5 Å². The van der Waals surface area contributed by atoms with Gasteiger partial charge in [0.15, 0.2) is 0 Å².